The summed E-state index contributed by atoms with van der Waals surface area (Å²) in [6.07, 6.45) is -10.9. The molecule has 0 saturated carbocycles. The number of Topliss-reactive ketones (excluding diaryl/α,β-unsaturated/α-hetero) is 1. The van der Waals surface area contributed by atoms with Gasteiger partial charge >= 0.3 is 19.5 Å². The minimum atomic E-state index is -4.88. The van der Waals surface area contributed by atoms with Crippen LogP contribution in [-0.2, 0) is 39.6 Å². The zero-order valence-electron chi connectivity index (χ0n) is 24.5. The van der Waals surface area contributed by atoms with Crippen molar-refractivity contribution in [2.45, 2.75) is 62.1 Å². The number of carbonyl (C=O) groups excluding carboxylic acids is 3. The fourth-order valence-electron chi connectivity index (χ4n) is 4.22. The van der Waals surface area contributed by atoms with Gasteiger partial charge in [-0.3, -0.25) is 14.4 Å². The van der Waals surface area contributed by atoms with E-state index in [9.17, 15) is 55.9 Å². The second kappa shape index (κ2) is 16.3. The SMILES string of the molecule is NCC(O)(CN)CNC(=O)CC[C@H](N)C(=O)N[C@H](CCc1ccc(C(F)(F)F)cc1)C(=O)Cc1cc(B(O)O)cc(C(F)(F)F)c1. The van der Waals surface area contributed by atoms with E-state index in [4.69, 9.17) is 17.2 Å². The molecule has 0 unspecified atom stereocenters. The summed E-state index contributed by atoms with van der Waals surface area (Å²) in [6.45, 7) is -0.711. The molecule has 0 radical (unpaired) electrons. The molecule has 2 rings (SSSR count). The standard InChI is InChI=1S/C28H36BF6N5O6/c30-27(31,32)18-4-1-16(2-5-18)3-7-22(23(41)11-17-9-19(28(33,34)35)12-20(10-17)29(45)46)40-25(43)21(38)6-8-24(42)39-15-26(44,13-36)14-37/h1-2,4-5,9-10,12,21-22,44-46H,3,6-8,11,13-15,36-38H2,(H,39,42)(H,40,43)/t21-,22+/m0/s1. The van der Waals surface area contributed by atoms with Crippen LogP contribution in [-0.4, -0.2) is 77.2 Å². The maximum absolute atomic E-state index is 13.4. The molecular weight excluding hydrogens is 627 g/mol. The molecule has 18 heteroatoms. The van der Waals surface area contributed by atoms with Gasteiger partial charge in [-0.2, -0.15) is 26.3 Å². The van der Waals surface area contributed by atoms with Crippen LogP contribution in [0.25, 0.3) is 0 Å². The molecule has 11 N–H and O–H groups in total. The zero-order chi connectivity index (χ0) is 34.9. The summed E-state index contributed by atoms with van der Waals surface area (Å²) < 4.78 is 79.0. The lowest BCUT2D eigenvalue weighted by atomic mass is 9.78. The van der Waals surface area contributed by atoms with E-state index in [-0.39, 0.29) is 50.9 Å². The van der Waals surface area contributed by atoms with Crippen molar-refractivity contribution in [2.75, 3.05) is 19.6 Å². The molecule has 2 amide bonds. The number of hydrogen-bond acceptors (Lipinski definition) is 9. The fraction of sp³-hybridized carbons (Fsp3) is 0.464. The first-order chi connectivity index (χ1) is 21.3. The van der Waals surface area contributed by atoms with E-state index in [1.807, 2.05) is 0 Å². The molecule has 0 spiro atoms. The van der Waals surface area contributed by atoms with Crippen molar-refractivity contribution < 1.29 is 55.9 Å². The molecule has 0 bridgehead atoms. The van der Waals surface area contributed by atoms with Crippen molar-refractivity contribution in [2.24, 2.45) is 17.2 Å². The third kappa shape index (κ3) is 12.0. The number of nitrogens with two attached hydrogens (primary N) is 3. The maximum atomic E-state index is 13.4. The Morgan fingerprint density at radius 2 is 1.43 bits per heavy atom. The molecule has 2 atom stereocenters. The third-order valence-corrected chi connectivity index (χ3v) is 7.12. The van der Waals surface area contributed by atoms with E-state index in [0.717, 1.165) is 18.2 Å². The van der Waals surface area contributed by atoms with Gasteiger partial charge in [0.05, 0.1) is 23.2 Å². The number of halogens is 6. The van der Waals surface area contributed by atoms with Crippen LogP contribution in [0.3, 0.4) is 0 Å². The number of aryl methyl sites for hydroxylation is 1. The van der Waals surface area contributed by atoms with Gasteiger partial charge in [0, 0.05) is 32.5 Å². The lowest BCUT2D eigenvalue weighted by Gasteiger charge is -2.25. The van der Waals surface area contributed by atoms with Crippen LogP contribution in [0.2, 0.25) is 0 Å². The van der Waals surface area contributed by atoms with Gasteiger partial charge < -0.3 is 43.0 Å². The molecule has 0 heterocycles. The summed E-state index contributed by atoms with van der Waals surface area (Å²) in [4.78, 5) is 38.4. The summed E-state index contributed by atoms with van der Waals surface area (Å²) in [5.41, 5.74) is 12.6. The van der Waals surface area contributed by atoms with Gasteiger partial charge in [-0.15, -0.1) is 0 Å². The Morgan fingerprint density at radius 1 is 0.848 bits per heavy atom. The average molecular weight is 663 g/mol. The van der Waals surface area contributed by atoms with Crippen LogP contribution in [0.5, 0.6) is 0 Å². The minimum Gasteiger partial charge on any atom is -0.423 e. The second-order valence-corrected chi connectivity index (χ2v) is 10.8. The van der Waals surface area contributed by atoms with Crippen molar-refractivity contribution in [3.05, 3.63) is 64.7 Å². The molecule has 0 fully saturated rings. The Hall–Kier alpha value is -3.55. The molecule has 254 valence electrons. The Morgan fingerprint density at radius 3 is 1.96 bits per heavy atom. The Bertz CT molecular complexity index is 1340. The molecule has 11 nitrogen and oxygen atoms in total. The summed E-state index contributed by atoms with van der Waals surface area (Å²) in [5, 5.41) is 33.8. The Balaban J connectivity index is 2.21. The van der Waals surface area contributed by atoms with E-state index in [1.54, 1.807) is 0 Å². The van der Waals surface area contributed by atoms with Crippen molar-refractivity contribution in [3.8, 4) is 0 Å². The predicted molar refractivity (Wildman–Crippen MR) is 155 cm³/mol. The second-order valence-electron chi connectivity index (χ2n) is 10.8. The van der Waals surface area contributed by atoms with Crippen molar-refractivity contribution in [3.63, 3.8) is 0 Å². The van der Waals surface area contributed by atoms with Crippen LogP contribution in [0, 0.1) is 0 Å². The number of amides is 2. The first-order valence-electron chi connectivity index (χ1n) is 14.0. The van der Waals surface area contributed by atoms with Gasteiger partial charge in [0.1, 0.15) is 5.60 Å². The molecule has 0 aromatic heterocycles. The number of aliphatic hydroxyl groups is 1. The lowest BCUT2D eigenvalue weighted by molar-refractivity contribution is -0.138. The van der Waals surface area contributed by atoms with E-state index in [2.05, 4.69) is 10.6 Å². The highest BCUT2D eigenvalue weighted by atomic mass is 19.4. The summed E-state index contributed by atoms with van der Waals surface area (Å²) in [7, 11) is -2.28. The van der Waals surface area contributed by atoms with Gasteiger partial charge in [0.25, 0.3) is 0 Å². The molecule has 2 aromatic carbocycles. The monoisotopic (exact) mass is 663 g/mol. The highest BCUT2D eigenvalue weighted by molar-refractivity contribution is 6.58. The molecule has 0 aliphatic rings. The molecule has 0 aliphatic heterocycles. The van der Waals surface area contributed by atoms with Crippen LogP contribution in [0.15, 0.2) is 42.5 Å². The topological polar surface area (TPSA) is 214 Å². The van der Waals surface area contributed by atoms with Crippen LogP contribution < -0.4 is 33.3 Å². The fourth-order valence-corrected chi connectivity index (χ4v) is 4.22. The van der Waals surface area contributed by atoms with Gasteiger partial charge in [-0.05, 0) is 54.1 Å². The number of alkyl halides is 6. The molecule has 2 aromatic rings. The zero-order valence-corrected chi connectivity index (χ0v) is 24.5. The Kier molecular flexibility index (Phi) is 13.7. The third-order valence-electron chi connectivity index (χ3n) is 7.12. The van der Waals surface area contributed by atoms with Gasteiger partial charge in [0.15, 0.2) is 5.78 Å². The van der Waals surface area contributed by atoms with Crippen LogP contribution >= 0.6 is 0 Å². The van der Waals surface area contributed by atoms with Gasteiger partial charge in [-0.1, -0.05) is 24.3 Å². The smallest absolute Gasteiger partial charge is 0.423 e. The number of benzene rings is 2. The van der Waals surface area contributed by atoms with Crippen molar-refractivity contribution in [1.82, 2.24) is 10.6 Å². The maximum Gasteiger partial charge on any atom is 0.488 e. The minimum absolute atomic E-state index is 0.0269. The highest BCUT2D eigenvalue weighted by Crippen LogP contribution is 2.30. The number of hydrogen-bond donors (Lipinski definition) is 8. The number of nitrogens with one attached hydrogen (secondary N) is 2. The first-order valence-corrected chi connectivity index (χ1v) is 14.0. The molecular formula is C28H36BF6N5O6. The highest BCUT2D eigenvalue weighted by Gasteiger charge is 2.33. The van der Waals surface area contributed by atoms with Crippen LogP contribution in [0.4, 0.5) is 26.3 Å². The molecule has 46 heavy (non-hydrogen) atoms. The first kappa shape index (κ1) is 38.6. The summed E-state index contributed by atoms with van der Waals surface area (Å²) in [5.74, 6) is -2.29. The normalized spacial score (nSPS) is 13.6. The summed E-state index contributed by atoms with van der Waals surface area (Å²) >= 11 is 0. The van der Waals surface area contributed by atoms with E-state index in [1.165, 1.54) is 12.1 Å². The predicted octanol–water partition coefficient (Wildman–Crippen LogP) is -0.495. The Labute approximate surface area is 260 Å². The van der Waals surface area contributed by atoms with E-state index in [0.29, 0.717) is 17.7 Å². The quantitative estimate of drug-likeness (QED) is 0.0858. The number of ketones is 1. The molecule has 0 saturated heterocycles. The van der Waals surface area contributed by atoms with Gasteiger partial charge in [0.2, 0.25) is 11.8 Å². The van der Waals surface area contributed by atoms with Crippen LogP contribution in [0.1, 0.15) is 41.5 Å². The average Bonchev–Trinajstić information content (AvgIpc) is 2.99. The lowest BCUT2D eigenvalue weighted by Crippen LogP contribution is -2.53. The van der Waals surface area contributed by atoms with E-state index < -0.39 is 77.8 Å². The van der Waals surface area contributed by atoms with Crippen molar-refractivity contribution >= 4 is 30.2 Å². The number of carbonyl (C=O) groups is 3. The van der Waals surface area contributed by atoms with E-state index >= 15 is 0 Å². The van der Waals surface area contributed by atoms with Gasteiger partial charge in [-0.25, -0.2) is 0 Å². The van der Waals surface area contributed by atoms with Crippen molar-refractivity contribution in [1.29, 1.82) is 0 Å². The summed E-state index contributed by atoms with van der Waals surface area (Å²) in [6, 6.07) is 3.42. The number of rotatable bonds is 16. The molecule has 0 aliphatic carbocycles. The largest absolute Gasteiger partial charge is 0.488 e.